The smallest absolute Gasteiger partial charge is 0.347 e. The van der Waals surface area contributed by atoms with Crippen molar-refractivity contribution in [2.75, 3.05) is 11.9 Å². The Morgan fingerprint density at radius 3 is 2.85 bits per heavy atom. The highest BCUT2D eigenvalue weighted by atomic mass is 35.5. The molecule has 6 nitrogen and oxygen atoms in total. The summed E-state index contributed by atoms with van der Waals surface area (Å²) in [6.07, 6.45) is 5.24. The molecule has 0 saturated carbocycles. The Hall–Kier alpha value is -3.12. The summed E-state index contributed by atoms with van der Waals surface area (Å²) in [7, 11) is 0. The first-order valence-electron chi connectivity index (χ1n) is 8.71. The van der Waals surface area contributed by atoms with Crippen molar-refractivity contribution in [1.29, 1.82) is 0 Å². The Balaban J connectivity index is 1.41. The highest BCUT2D eigenvalue weighted by Gasteiger charge is 2.08. The lowest BCUT2D eigenvalue weighted by Gasteiger charge is -2.08. The lowest BCUT2D eigenvalue weighted by atomic mass is 10.1. The number of fused-ring (bicyclic) bond motifs is 1. The van der Waals surface area contributed by atoms with E-state index in [1.807, 2.05) is 30.5 Å². The number of pyridine rings is 2. The van der Waals surface area contributed by atoms with Gasteiger partial charge in [0.2, 0.25) is 0 Å². The van der Waals surface area contributed by atoms with Gasteiger partial charge < -0.3 is 5.32 Å². The van der Waals surface area contributed by atoms with Crippen molar-refractivity contribution >= 4 is 22.9 Å². The molecule has 0 aliphatic heterocycles. The van der Waals surface area contributed by atoms with Gasteiger partial charge in [0.1, 0.15) is 0 Å². The predicted octanol–water partition coefficient (Wildman–Crippen LogP) is 3.78. The van der Waals surface area contributed by atoms with Gasteiger partial charge in [-0.1, -0.05) is 41.9 Å². The van der Waals surface area contributed by atoms with E-state index in [1.54, 1.807) is 12.3 Å². The third kappa shape index (κ3) is 3.85. The molecule has 4 aromatic rings. The second-order valence-corrected chi connectivity index (χ2v) is 6.68. The normalized spacial score (nSPS) is 11.0. The molecule has 0 spiro atoms. The highest BCUT2D eigenvalue weighted by molar-refractivity contribution is 6.30. The average Bonchev–Trinajstić information content (AvgIpc) is 3.07. The molecule has 0 radical (unpaired) electrons. The van der Waals surface area contributed by atoms with Crippen LogP contribution in [0.2, 0.25) is 5.02 Å². The standard InChI is InChI=1S/C20H18ClN5O/c21-16-12-18(19-24-25-20(27)26(19)13-16)22-9-4-5-14-8-10-23-17(11-14)15-6-2-1-3-7-15/h1-3,6-8,10-13,22H,4-5,9H2,(H,25,27). The van der Waals surface area contributed by atoms with Crippen molar-refractivity contribution in [2.45, 2.75) is 12.8 Å². The molecule has 0 bridgehead atoms. The quantitative estimate of drug-likeness (QED) is 0.500. The maximum atomic E-state index is 11.7. The fourth-order valence-electron chi connectivity index (χ4n) is 3.02. The highest BCUT2D eigenvalue weighted by Crippen LogP contribution is 2.20. The van der Waals surface area contributed by atoms with E-state index in [0.717, 1.165) is 36.3 Å². The molecule has 0 saturated heterocycles. The fourth-order valence-corrected chi connectivity index (χ4v) is 3.23. The van der Waals surface area contributed by atoms with Gasteiger partial charge in [0.05, 0.1) is 16.4 Å². The number of nitrogens with zero attached hydrogens (tertiary/aromatic N) is 3. The summed E-state index contributed by atoms with van der Waals surface area (Å²) in [5, 5.41) is 10.3. The van der Waals surface area contributed by atoms with Crippen LogP contribution >= 0.6 is 11.6 Å². The molecule has 1 aromatic carbocycles. The number of hydrogen-bond acceptors (Lipinski definition) is 4. The number of halogens is 1. The van der Waals surface area contributed by atoms with Crippen LogP contribution in [0.15, 0.2) is 65.7 Å². The Morgan fingerprint density at radius 2 is 2.00 bits per heavy atom. The third-order valence-corrected chi connectivity index (χ3v) is 4.54. The van der Waals surface area contributed by atoms with E-state index in [9.17, 15) is 4.79 Å². The number of nitrogens with one attached hydrogen (secondary N) is 2. The minimum atomic E-state index is -0.305. The van der Waals surface area contributed by atoms with E-state index in [0.29, 0.717) is 10.7 Å². The maximum absolute atomic E-state index is 11.7. The molecule has 0 aliphatic rings. The van der Waals surface area contributed by atoms with Crippen LogP contribution in [-0.2, 0) is 6.42 Å². The predicted molar refractivity (Wildman–Crippen MR) is 107 cm³/mol. The van der Waals surface area contributed by atoms with Crippen LogP contribution in [0.5, 0.6) is 0 Å². The van der Waals surface area contributed by atoms with Crippen LogP contribution in [0.4, 0.5) is 5.69 Å². The van der Waals surface area contributed by atoms with E-state index < -0.39 is 0 Å². The van der Waals surface area contributed by atoms with Gasteiger partial charge in [-0.15, -0.1) is 0 Å². The summed E-state index contributed by atoms with van der Waals surface area (Å²) in [6, 6.07) is 16.1. The summed E-state index contributed by atoms with van der Waals surface area (Å²) < 4.78 is 1.40. The number of aromatic amines is 1. The van der Waals surface area contributed by atoms with Crippen LogP contribution in [0, 0.1) is 0 Å². The fraction of sp³-hybridized carbons (Fsp3) is 0.150. The minimum absolute atomic E-state index is 0.305. The first kappa shape index (κ1) is 17.3. The largest absolute Gasteiger partial charge is 0.382 e. The molecule has 0 aliphatic carbocycles. The monoisotopic (exact) mass is 379 g/mol. The molecule has 0 unspecified atom stereocenters. The van der Waals surface area contributed by atoms with Gasteiger partial charge in [-0.2, -0.15) is 5.10 Å². The van der Waals surface area contributed by atoms with Gasteiger partial charge in [0, 0.05) is 24.5 Å². The molecular weight excluding hydrogens is 362 g/mol. The number of rotatable bonds is 6. The van der Waals surface area contributed by atoms with E-state index in [-0.39, 0.29) is 5.69 Å². The summed E-state index contributed by atoms with van der Waals surface area (Å²) in [6.45, 7) is 0.736. The zero-order valence-electron chi connectivity index (χ0n) is 14.5. The van der Waals surface area contributed by atoms with E-state index in [4.69, 9.17) is 11.6 Å². The minimum Gasteiger partial charge on any atom is -0.382 e. The van der Waals surface area contributed by atoms with Crippen LogP contribution in [0.1, 0.15) is 12.0 Å². The third-order valence-electron chi connectivity index (χ3n) is 4.33. The molecule has 4 rings (SSSR count). The Labute approximate surface area is 160 Å². The second kappa shape index (κ2) is 7.63. The van der Waals surface area contributed by atoms with Crippen LogP contribution in [-0.4, -0.2) is 26.1 Å². The summed E-state index contributed by atoms with van der Waals surface area (Å²) in [5.41, 5.74) is 4.30. The number of aryl methyl sites for hydroxylation is 1. The number of aromatic nitrogens is 4. The Bertz CT molecular complexity index is 1120. The summed E-state index contributed by atoms with van der Waals surface area (Å²) in [5.74, 6) is 0. The summed E-state index contributed by atoms with van der Waals surface area (Å²) >= 11 is 6.09. The van der Waals surface area contributed by atoms with Gasteiger partial charge in [0.25, 0.3) is 0 Å². The lowest BCUT2D eigenvalue weighted by Crippen LogP contribution is -2.10. The number of benzene rings is 1. The zero-order valence-corrected chi connectivity index (χ0v) is 15.3. The van der Waals surface area contributed by atoms with Crippen molar-refractivity contribution in [3.05, 3.63) is 82.0 Å². The Kier molecular flexibility index (Phi) is 4.89. The molecule has 27 heavy (non-hydrogen) atoms. The molecular formula is C20H18ClN5O. The zero-order chi connectivity index (χ0) is 18.6. The Morgan fingerprint density at radius 1 is 1.15 bits per heavy atom. The molecule has 0 amide bonds. The first-order valence-corrected chi connectivity index (χ1v) is 9.09. The van der Waals surface area contributed by atoms with Gasteiger partial charge >= 0.3 is 5.69 Å². The van der Waals surface area contributed by atoms with Crippen LogP contribution in [0.25, 0.3) is 16.9 Å². The molecule has 0 fully saturated rings. The van der Waals surface area contributed by atoms with Gasteiger partial charge in [-0.3, -0.25) is 4.98 Å². The van der Waals surface area contributed by atoms with Gasteiger partial charge in [-0.25, -0.2) is 14.3 Å². The molecule has 7 heteroatoms. The molecule has 0 atom stereocenters. The van der Waals surface area contributed by atoms with Crippen LogP contribution < -0.4 is 11.0 Å². The average molecular weight is 380 g/mol. The van der Waals surface area contributed by atoms with E-state index in [1.165, 1.54) is 9.96 Å². The van der Waals surface area contributed by atoms with E-state index >= 15 is 0 Å². The van der Waals surface area contributed by atoms with Gasteiger partial charge in [-0.05, 0) is 36.6 Å². The molecule has 3 aromatic heterocycles. The second-order valence-electron chi connectivity index (χ2n) is 6.24. The first-order chi connectivity index (χ1) is 13.2. The molecule has 136 valence electrons. The molecule has 2 N–H and O–H groups in total. The topological polar surface area (TPSA) is 75.1 Å². The maximum Gasteiger partial charge on any atom is 0.347 e. The van der Waals surface area contributed by atoms with E-state index in [2.05, 4.69) is 38.7 Å². The van der Waals surface area contributed by atoms with Crippen molar-refractivity contribution in [3.63, 3.8) is 0 Å². The van der Waals surface area contributed by atoms with Crippen molar-refractivity contribution in [2.24, 2.45) is 0 Å². The summed E-state index contributed by atoms with van der Waals surface area (Å²) in [4.78, 5) is 16.2. The lowest BCUT2D eigenvalue weighted by molar-refractivity contribution is 0.861. The van der Waals surface area contributed by atoms with Gasteiger partial charge in [0.15, 0.2) is 5.65 Å². The number of hydrogen-bond donors (Lipinski definition) is 2. The van der Waals surface area contributed by atoms with Crippen molar-refractivity contribution < 1.29 is 0 Å². The number of H-pyrrole nitrogens is 1. The van der Waals surface area contributed by atoms with Crippen LogP contribution in [0.3, 0.4) is 0 Å². The van der Waals surface area contributed by atoms with Crippen molar-refractivity contribution in [1.82, 2.24) is 19.6 Å². The SMILES string of the molecule is O=c1[nH]nc2c(NCCCc3ccnc(-c4ccccc4)c3)cc(Cl)cn12. The van der Waals surface area contributed by atoms with Crippen molar-refractivity contribution in [3.8, 4) is 11.3 Å². The number of anilines is 1. The molecule has 3 heterocycles.